The van der Waals surface area contributed by atoms with Gasteiger partial charge in [-0.1, -0.05) is 58.7 Å². The fraction of sp³-hybridized carbons (Fsp3) is 0.562. The molecule has 8 atom stereocenters. The summed E-state index contributed by atoms with van der Waals surface area (Å²) in [6, 6.07) is 3.49. The molecule has 3 aliphatic heterocycles. The molecular formula is C32H41BrClN3O7. The van der Waals surface area contributed by atoms with Gasteiger partial charge in [-0.15, -0.1) is 13.2 Å². The van der Waals surface area contributed by atoms with E-state index in [9.17, 15) is 24.3 Å². The Morgan fingerprint density at radius 2 is 2.07 bits per heavy atom. The Morgan fingerprint density at radius 1 is 1.34 bits per heavy atom. The molecule has 0 aliphatic carbocycles. The predicted octanol–water partition coefficient (Wildman–Crippen LogP) is 3.70. The number of para-hydroxylation sites is 1. The lowest BCUT2D eigenvalue weighted by Gasteiger charge is -2.39. The SMILES string of the molecule is C=CCCC(=O)NC[C@H](C)OC(=O)[C@@H]1[C@H]2O[C@@]3(CC2Br)[C@H](C(=O)N(CC=C)c2c(C)cccc2Cl)N([C@@H](CC)CO)C(=O)[C@@H]13. The number of aryl methyl sites for hydroxylation is 1. The second-order valence-electron chi connectivity index (χ2n) is 11.7. The fourth-order valence-corrected chi connectivity index (χ4v) is 8.12. The van der Waals surface area contributed by atoms with Gasteiger partial charge >= 0.3 is 5.97 Å². The summed E-state index contributed by atoms with van der Waals surface area (Å²) in [5.41, 5.74) is -0.101. The van der Waals surface area contributed by atoms with Crippen LogP contribution in [-0.4, -0.2) is 88.1 Å². The van der Waals surface area contributed by atoms with Gasteiger partial charge in [0.25, 0.3) is 5.91 Å². The molecule has 1 spiro atoms. The molecule has 3 aliphatic rings. The number of aliphatic hydroxyl groups is 1. The van der Waals surface area contributed by atoms with Crippen molar-refractivity contribution < 1.29 is 33.8 Å². The number of anilines is 1. The Balaban J connectivity index is 1.70. The van der Waals surface area contributed by atoms with Gasteiger partial charge in [-0.2, -0.15) is 0 Å². The third kappa shape index (κ3) is 6.08. The Kier molecular flexibility index (Phi) is 11.0. The first-order valence-electron chi connectivity index (χ1n) is 15.0. The highest BCUT2D eigenvalue weighted by Crippen LogP contribution is 2.61. The highest BCUT2D eigenvalue weighted by molar-refractivity contribution is 9.09. The minimum absolute atomic E-state index is 0.102. The van der Waals surface area contributed by atoms with Crippen LogP contribution >= 0.6 is 27.5 Å². The first kappa shape index (κ1) is 34.1. The average molecular weight is 695 g/mol. The van der Waals surface area contributed by atoms with Crippen LogP contribution in [0.25, 0.3) is 0 Å². The van der Waals surface area contributed by atoms with Gasteiger partial charge in [-0.05, 0) is 44.7 Å². The van der Waals surface area contributed by atoms with E-state index in [4.69, 9.17) is 21.1 Å². The second-order valence-corrected chi connectivity index (χ2v) is 13.3. The first-order valence-corrected chi connectivity index (χ1v) is 16.3. The molecule has 44 heavy (non-hydrogen) atoms. The lowest BCUT2D eigenvalue weighted by Crippen LogP contribution is -2.59. The second kappa shape index (κ2) is 14.1. The Labute approximate surface area is 271 Å². The Morgan fingerprint density at radius 3 is 2.68 bits per heavy atom. The number of halogens is 2. The van der Waals surface area contributed by atoms with E-state index < -0.39 is 59.5 Å². The number of esters is 1. The number of rotatable bonds is 14. The highest BCUT2D eigenvalue weighted by Gasteiger charge is 2.77. The number of aliphatic hydroxyl groups excluding tert-OH is 1. The van der Waals surface area contributed by atoms with Gasteiger partial charge in [0, 0.05) is 17.8 Å². The van der Waals surface area contributed by atoms with E-state index in [1.54, 1.807) is 31.2 Å². The number of benzene rings is 1. The van der Waals surface area contributed by atoms with Crippen molar-refractivity contribution in [1.29, 1.82) is 0 Å². The molecule has 0 aromatic heterocycles. The predicted molar refractivity (Wildman–Crippen MR) is 170 cm³/mol. The summed E-state index contributed by atoms with van der Waals surface area (Å²) in [6.45, 7) is 12.6. The number of nitrogens with zero attached hydrogens (tertiary/aromatic N) is 2. The van der Waals surface area contributed by atoms with Crippen molar-refractivity contribution in [3.8, 4) is 0 Å². The number of hydrogen-bond donors (Lipinski definition) is 2. The number of carbonyl (C=O) groups is 4. The Bertz CT molecular complexity index is 1290. The normalized spacial score (nSPS) is 28.3. The molecule has 1 aromatic rings. The van der Waals surface area contributed by atoms with Gasteiger partial charge in [0.15, 0.2) is 0 Å². The summed E-state index contributed by atoms with van der Waals surface area (Å²) >= 11 is 10.3. The van der Waals surface area contributed by atoms with E-state index in [1.165, 1.54) is 9.80 Å². The molecule has 3 fully saturated rings. The zero-order valence-corrected chi connectivity index (χ0v) is 27.7. The van der Waals surface area contributed by atoms with Crippen molar-refractivity contribution in [2.24, 2.45) is 11.8 Å². The number of hydrogen-bond acceptors (Lipinski definition) is 7. The minimum Gasteiger partial charge on any atom is -0.460 e. The number of amides is 3. The van der Waals surface area contributed by atoms with Crippen LogP contribution in [0.2, 0.25) is 5.02 Å². The summed E-state index contributed by atoms with van der Waals surface area (Å²) in [7, 11) is 0. The number of ether oxygens (including phenoxy) is 2. The smallest absolute Gasteiger partial charge is 0.312 e. The zero-order valence-electron chi connectivity index (χ0n) is 25.3. The molecule has 3 amide bonds. The molecule has 240 valence electrons. The third-order valence-corrected chi connectivity index (χ3v) is 9.97. The Hall–Kier alpha value is -2.73. The molecule has 2 bridgehead atoms. The summed E-state index contributed by atoms with van der Waals surface area (Å²) in [4.78, 5) is 57.4. The van der Waals surface area contributed by atoms with Crippen molar-refractivity contribution in [3.63, 3.8) is 0 Å². The number of alkyl halides is 1. The summed E-state index contributed by atoms with van der Waals surface area (Å²) in [5, 5.41) is 13.5. The number of carbonyl (C=O) groups excluding carboxylic acids is 4. The molecule has 0 saturated carbocycles. The maximum atomic E-state index is 14.7. The van der Waals surface area contributed by atoms with Gasteiger partial charge in [-0.25, -0.2) is 0 Å². The van der Waals surface area contributed by atoms with E-state index in [-0.39, 0.29) is 36.9 Å². The van der Waals surface area contributed by atoms with Crippen LogP contribution < -0.4 is 10.2 Å². The van der Waals surface area contributed by atoms with E-state index in [2.05, 4.69) is 34.4 Å². The lowest BCUT2D eigenvalue weighted by molar-refractivity contribution is -0.159. The molecule has 12 heteroatoms. The van der Waals surface area contributed by atoms with E-state index in [0.717, 1.165) is 5.56 Å². The number of allylic oxidation sites excluding steroid dienone is 1. The zero-order chi connectivity index (χ0) is 32.3. The van der Waals surface area contributed by atoms with Crippen LogP contribution in [0.1, 0.15) is 45.1 Å². The van der Waals surface area contributed by atoms with Crippen molar-refractivity contribution in [3.05, 3.63) is 54.1 Å². The summed E-state index contributed by atoms with van der Waals surface area (Å²) < 4.78 is 12.3. The largest absolute Gasteiger partial charge is 0.460 e. The van der Waals surface area contributed by atoms with Crippen molar-refractivity contribution in [2.45, 2.75) is 81.2 Å². The standard InChI is InChI=1S/C32H41BrClN3O7/c1-6-9-13-23(39)35-16-19(5)43-31(42)24-25-29(40)37(20(8-3)17-38)28(32(25)15-21(33)27(24)44-32)30(41)36(14-7-2)26-18(4)11-10-12-22(26)34/h6-7,10-12,19-21,24-25,27-28,38H,1-2,8-9,13-17H2,3-5H3,(H,35,39)/t19-,20-,21?,24-,25+,27-,28-,32+/m0/s1. The van der Waals surface area contributed by atoms with Gasteiger partial charge in [0.05, 0.1) is 47.8 Å². The van der Waals surface area contributed by atoms with Crippen LogP contribution in [-0.2, 0) is 28.7 Å². The third-order valence-electron chi connectivity index (χ3n) is 8.82. The molecule has 3 heterocycles. The van der Waals surface area contributed by atoms with Crippen LogP contribution in [0.15, 0.2) is 43.5 Å². The number of nitrogens with one attached hydrogen (secondary N) is 1. The van der Waals surface area contributed by atoms with Gasteiger partial charge in [-0.3, -0.25) is 19.2 Å². The van der Waals surface area contributed by atoms with Crippen molar-refractivity contribution in [1.82, 2.24) is 10.2 Å². The van der Waals surface area contributed by atoms with Crippen molar-refractivity contribution >= 4 is 56.9 Å². The average Bonchev–Trinajstić information content (AvgIpc) is 3.58. The van der Waals surface area contributed by atoms with Crippen LogP contribution in [0.4, 0.5) is 5.69 Å². The molecular weight excluding hydrogens is 654 g/mol. The maximum Gasteiger partial charge on any atom is 0.312 e. The molecule has 1 unspecified atom stereocenters. The van der Waals surface area contributed by atoms with Gasteiger partial charge in [0.2, 0.25) is 11.8 Å². The van der Waals surface area contributed by atoms with Crippen LogP contribution in [0.5, 0.6) is 0 Å². The molecule has 1 aromatic carbocycles. The van der Waals surface area contributed by atoms with E-state index >= 15 is 0 Å². The van der Waals surface area contributed by atoms with Gasteiger partial charge < -0.3 is 29.7 Å². The van der Waals surface area contributed by atoms with E-state index in [0.29, 0.717) is 30.0 Å². The summed E-state index contributed by atoms with van der Waals surface area (Å²) in [5.74, 6) is -3.70. The molecule has 10 nitrogen and oxygen atoms in total. The summed E-state index contributed by atoms with van der Waals surface area (Å²) in [6.07, 6.45) is 3.32. The van der Waals surface area contributed by atoms with Crippen molar-refractivity contribution in [2.75, 3.05) is 24.6 Å². The number of fused-ring (bicyclic) bond motifs is 1. The minimum atomic E-state index is -1.35. The first-order chi connectivity index (χ1) is 21.0. The monoisotopic (exact) mass is 693 g/mol. The van der Waals surface area contributed by atoms with Gasteiger partial charge in [0.1, 0.15) is 17.7 Å². The highest BCUT2D eigenvalue weighted by atomic mass is 79.9. The van der Waals surface area contributed by atoms with Crippen LogP contribution in [0, 0.1) is 18.8 Å². The van der Waals surface area contributed by atoms with Crippen LogP contribution in [0.3, 0.4) is 0 Å². The molecule has 2 N–H and O–H groups in total. The molecule has 3 saturated heterocycles. The maximum absolute atomic E-state index is 14.7. The molecule has 4 rings (SSSR count). The quantitative estimate of drug-likeness (QED) is 0.173. The fourth-order valence-electron chi connectivity index (χ4n) is 6.85. The topological polar surface area (TPSA) is 125 Å². The number of likely N-dealkylation sites (tertiary alicyclic amines) is 1. The lowest BCUT2D eigenvalue weighted by atomic mass is 9.70. The molecule has 0 radical (unpaired) electrons. The van der Waals surface area contributed by atoms with E-state index in [1.807, 2.05) is 19.9 Å².